The van der Waals surface area contributed by atoms with E-state index >= 15 is 0 Å². The molecular weight excluding hydrogens is 213 g/mol. The maximum atomic E-state index is 12.3. The molecule has 0 saturated heterocycles. The second kappa shape index (κ2) is 20.5. The first-order valence-electron chi connectivity index (χ1n) is 6.63. The van der Waals surface area contributed by atoms with E-state index in [2.05, 4.69) is 32.1 Å². The first-order valence-corrected chi connectivity index (χ1v) is 6.63. The maximum absolute atomic E-state index is 12.3. The lowest BCUT2D eigenvalue weighted by molar-refractivity contribution is 0.628. The minimum Gasteiger partial charge on any atom is -0.236 e. The quantitative estimate of drug-likeness (QED) is 0.305. The lowest BCUT2D eigenvalue weighted by Gasteiger charge is -1.93. The third-order valence-corrected chi connectivity index (χ3v) is 1.75. The van der Waals surface area contributed by atoms with Gasteiger partial charge in [-0.05, 0) is 19.2 Å². The van der Waals surface area contributed by atoms with Crippen LogP contribution in [0.2, 0.25) is 0 Å². The van der Waals surface area contributed by atoms with E-state index in [1.807, 2.05) is 20.8 Å². The molecular formula is C15H30FN. The van der Waals surface area contributed by atoms with Crippen molar-refractivity contribution in [1.29, 1.82) is 0 Å². The molecule has 0 aliphatic carbocycles. The van der Waals surface area contributed by atoms with Crippen molar-refractivity contribution in [2.45, 2.75) is 66.7 Å². The smallest absolute Gasteiger partial charge is 0.212 e. The van der Waals surface area contributed by atoms with Crippen molar-refractivity contribution in [2.24, 2.45) is 4.99 Å². The normalized spacial score (nSPS) is 9.41. The predicted octanol–water partition coefficient (Wildman–Crippen LogP) is 6.08. The van der Waals surface area contributed by atoms with Gasteiger partial charge in [-0.15, -0.1) is 0 Å². The SMILES string of the molecule is C=N/C(F)=C\C(=C)CCC.CC.CCCCC. The summed E-state index contributed by atoms with van der Waals surface area (Å²) in [6.45, 7) is 17.1. The number of hydrogen-bond acceptors (Lipinski definition) is 1. The lowest BCUT2D eigenvalue weighted by atomic mass is 10.2. The number of allylic oxidation sites excluding steroid dienone is 2. The van der Waals surface area contributed by atoms with Crippen molar-refractivity contribution < 1.29 is 4.39 Å². The summed E-state index contributed by atoms with van der Waals surface area (Å²) in [5, 5.41) is 0. The fourth-order valence-electron chi connectivity index (χ4n) is 0.961. The molecule has 102 valence electrons. The Labute approximate surface area is 108 Å². The van der Waals surface area contributed by atoms with Crippen LogP contribution < -0.4 is 0 Å². The van der Waals surface area contributed by atoms with Gasteiger partial charge in [-0.1, -0.05) is 72.5 Å². The number of nitrogens with zero attached hydrogens (tertiary/aromatic N) is 1. The fraction of sp³-hybridized carbons (Fsp3) is 0.667. The minimum absolute atomic E-state index is 0.557. The lowest BCUT2D eigenvalue weighted by Crippen LogP contribution is -1.75. The van der Waals surface area contributed by atoms with Gasteiger partial charge in [0.15, 0.2) is 0 Å². The van der Waals surface area contributed by atoms with Crippen LogP contribution >= 0.6 is 0 Å². The van der Waals surface area contributed by atoms with E-state index in [0.717, 1.165) is 18.4 Å². The molecule has 0 aliphatic heterocycles. The van der Waals surface area contributed by atoms with Gasteiger partial charge in [0.1, 0.15) is 0 Å². The molecule has 0 aliphatic rings. The number of halogens is 1. The summed E-state index contributed by atoms with van der Waals surface area (Å²) in [6.07, 6.45) is 7.16. The Bertz CT molecular complexity index is 193. The van der Waals surface area contributed by atoms with Crippen LogP contribution in [0.15, 0.2) is 29.2 Å². The maximum Gasteiger partial charge on any atom is 0.212 e. The van der Waals surface area contributed by atoms with Crippen molar-refractivity contribution in [1.82, 2.24) is 0 Å². The highest BCUT2D eigenvalue weighted by molar-refractivity contribution is 5.29. The van der Waals surface area contributed by atoms with Crippen molar-refractivity contribution in [3.05, 3.63) is 24.2 Å². The molecule has 0 bridgehead atoms. The van der Waals surface area contributed by atoms with Crippen LogP contribution in [0, 0.1) is 0 Å². The standard InChI is InChI=1S/C8H12FN.C5H12.C2H6/c1-4-5-7(2)6-8(9)10-3;1-3-5-4-2;1-2/h6H,2-5H2,1H3;3-5H2,1-2H3;1-2H3/b8-6-;;. The van der Waals surface area contributed by atoms with E-state index in [1.165, 1.54) is 25.3 Å². The Balaban J connectivity index is -0.000000236. The van der Waals surface area contributed by atoms with E-state index in [-0.39, 0.29) is 0 Å². The Hall–Kier alpha value is -0.920. The molecule has 0 atom stereocenters. The summed E-state index contributed by atoms with van der Waals surface area (Å²) in [5.74, 6) is -0.557. The summed E-state index contributed by atoms with van der Waals surface area (Å²) >= 11 is 0. The molecule has 0 rings (SSSR count). The Morgan fingerprint density at radius 2 is 1.59 bits per heavy atom. The summed E-state index contributed by atoms with van der Waals surface area (Å²) in [4.78, 5) is 3.09. The number of unbranched alkanes of at least 4 members (excludes halogenated alkanes) is 2. The zero-order valence-corrected chi connectivity index (χ0v) is 12.4. The topological polar surface area (TPSA) is 12.4 Å². The van der Waals surface area contributed by atoms with Gasteiger partial charge < -0.3 is 0 Å². The predicted molar refractivity (Wildman–Crippen MR) is 79.3 cm³/mol. The van der Waals surface area contributed by atoms with E-state index in [0.29, 0.717) is 0 Å². The minimum atomic E-state index is -0.557. The van der Waals surface area contributed by atoms with Gasteiger partial charge in [0.2, 0.25) is 5.95 Å². The molecule has 0 saturated carbocycles. The second-order valence-electron chi connectivity index (χ2n) is 3.39. The molecule has 0 heterocycles. The largest absolute Gasteiger partial charge is 0.236 e. The average Bonchev–Trinajstić information content (AvgIpc) is 2.33. The summed E-state index contributed by atoms with van der Waals surface area (Å²) in [7, 11) is 0. The molecule has 0 unspecified atom stereocenters. The average molecular weight is 243 g/mol. The third-order valence-electron chi connectivity index (χ3n) is 1.75. The summed E-state index contributed by atoms with van der Waals surface area (Å²) < 4.78 is 12.3. The number of hydrogen-bond donors (Lipinski definition) is 0. The van der Waals surface area contributed by atoms with E-state index in [9.17, 15) is 4.39 Å². The number of rotatable bonds is 6. The molecule has 2 heteroatoms. The molecule has 0 aromatic heterocycles. The van der Waals surface area contributed by atoms with E-state index in [4.69, 9.17) is 0 Å². The fourth-order valence-corrected chi connectivity index (χ4v) is 0.961. The van der Waals surface area contributed by atoms with Gasteiger partial charge >= 0.3 is 0 Å². The van der Waals surface area contributed by atoms with Crippen LogP contribution in [0.25, 0.3) is 0 Å². The molecule has 0 spiro atoms. The molecule has 0 amide bonds. The highest BCUT2D eigenvalue weighted by atomic mass is 19.1. The molecule has 17 heavy (non-hydrogen) atoms. The van der Waals surface area contributed by atoms with Crippen LogP contribution in [0.3, 0.4) is 0 Å². The molecule has 0 radical (unpaired) electrons. The molecule has 1 nitrogen and oxygen atoms in total. The zero-order chi connectivity index (χ0) is 14.1. The first-order chi connectivity index (χ1) is 8.12. The van der Waals surface area contributed by atoms with Crippen LogP contribution in [0.4, 0.5) is 4.39 Å². The third kappa shape index (κ3) is 25.4. The highest BCUT2D eigenvalue weighted by Crippen LogP contribution is 2.07. The van der Waals surface area contributed by atoms with Gasteiger partial charge in [-0.25, -0.2) is 4.99 Å². The van der Waals surface area contributed by atoms with Crippen molar-refractivity contribution >= 4 is 6.72 Å². The van der Waals surface area contributed by atoms with Gasteiger partial charge in [-0.3, -0.25) is 0 Å². The van der Waals surface area contributed by atoms with Crippen molar-refractivity contribution in [2.75, 3.05) is 0 Å². The molecule has 0 aromatic carbocycles. The van der Waals surface area contributed by atoms with Gasteiger partial charge in [-0.2, -0.15) is 4.39 Å². The Kier molecular flexibility index (Phi) is 25.8. The van der Waals surface area contributed by atoms with Crippen LogP contribution in [0.1, 0.15) is 66.7 Å². The van der Waals surface area contributed by atoms with E-state index < -0.39 is 5.95 Å². The van der Waals surface area contributed by atoms with Gasteiger partial charge in [0.25, 0.3) is 0 Å². The monoisotopic (exact) mass is 243 g/mol. The van der Waals surface area contributed by atoms with Crippen molar-refractivity contribution in [3.8, 4) is 0 Å². The Morgan fingerprint density at radius 1 is 1.12 bits per heavy atom. The highest BCUT2D eigenvalue weighted by Gasteiger charge is 1.90. The summed E-state index contributed by atoms with van der Waals surface area (Å²) in [5.41, 5.74) is 0.757. The Morgan fingerprint density at radius 3 is 1.82 bits per heavy atom. The van der Waals surface area contributed by atoms with Gasteiger partial charge in [0, 0.05) is 0 Å². The second-order valence-corrected chi connectivity index (χ2v) is 3.39. The van der Waals surface area contributed by atoms with Gasteiger partial charge in [0.05, 0.1) is 0 Å². The first kappa shape index (κ1) is 21.4. The van der Waals surface area contributed by atoms with Crippen LogP contribution in [-0.2, 0) is 0 Å². The number of aliphatic imine (C=N–C) groups is 1. The molecule has 0 fully saturated rings. The van der Waals surface area contributed by atoms with Crippen LogP contribution in [-0.4, -0.2) is 6.72 Å². The molecule has 0 aromatic rings. The summed E-state index contributed by atoms with van der Waals surface area (Å²) in [6, 6.07) is 0. The van der Waals surface area contributed by atoms with Crippen LogP contribution in [0.5, 0.6) is 0 Å². The van der Waals surface area contributed by atoms with E-state index in [1.54, 1.807) is 0 Å². The zero-order valence-electron chi connectivity index (χ0n) is 12.4. The van der Waals surface area contributed by atoms with Crippen molar-refractivity contribution in [3.63, 3.8) is 0 Å². The molecule has 0 N–H and O–H groups in total.